The molecule has 0 saturated carbocycles. The van der Waals surface area contributed by atoms with Crippen LogP contribution in [-0.4, -0.2) is 22.0 Å². The van der Waals surface area contributed by atoms with Gasteiger partial charge >= 0.3 is 5.92 Å². The zero-order valence-electron chi connectivity index (χ0n) is 12.5. The van der Waals surface area contributed by atoms with Crippen molar-refractivity contribution in [1.29, 1.82) is 0 Å². The van der Waals surface area contributed by atoms with E-state index >= 15 is 0 Å². The van der Waals surface area contributed by atoms with Crippen LogP contribution in [0.1, 0.15) is 24.2 Å². The van der Waals surface area contributed by atoms with Crippen molar-refractivity contribution in [1.82, 2.24) is 0 Å². The van der Waals surface area contributed by atoms with E-state index < -0.39 is 17.9 Å². The minimum absolute atomic E-state index is 0.0342. The minimum Gasteiger partial charge on any atom is -0.508 e. The fourth-order valence-electron chi connectivity index (χ4n) is 2.03. The van der Waals surface area contributed by atoms with Gasteiger partial charge in [0.25, 0.3) is 5.91 Å². The van der Waals surface area contributed by atoms with Crippen LogP contribution >= 0.6 is 0 Å². The number of aliphatic hydroxyl groups is 1. The van der Waals surface area contributed by atoms with Crippen molar-refractivity contribution >= 4 is 11.6 Å². The van der Waals surface area contributed by atoms with Gasteiger partial charge in [0.2, 0.25) is 0 Å². The highest BCUT2D eigenvalue weighted by Crippen LogP contribution is 2.32. The van der Waals surface area contributed by atoms with E-state index in [1.807, 2.05) is 12.2 Å². The van der Waals surface area contributed by atoms with Crippen molar-refractivity contribution in [3.05, 3.63) is 59.7 Å². The molecule has 0 aromatic heterocycles. The largest absolute Gasteiger partial charge is 0.508 e. The maximum atomic E-state index is 14.1. The molecule has 0 aliphatic rings. The number of halogens is 2. The van der Waals surface area contributed by atoms with E-state index in [1.54, 1.807) is 12.1 Å². The molecule has 2 aromatic carbocycles. The van der Waals surface area contributed by atoms with Gasteiger partial charge in [0.05, 0.1) is 0 Å². The zero-order chi connectivity index (χ0) is 17.0. The smallest absolute Gasteiger partial charge is 0.354 e. The van der Waals surface area contributed by atoms with E-state index in [0.717, 1.165) is 12.0 Å². The topological polar surface area (TPSA) is 69.6 Å². The van der Waals surface area contributed by atoms with Crippen LogP contribution in [0.25, 0.3) is 0 Å². The fourth-order valence-corrected chi connectivity index (χ4v) is 2.03. The highest BCUT2D eigenvalue weighted by molar-refractivity contribution is 5.96. The van der Waals surface area contributed by atoms with Gasteiger partial charge < -0.3 is 15.5 Å². The SMILES string of the molecule is CCc1ccc(C(O)C(F)(F)C(=O)Nc2ccc(O)cc2)cc1. The van der Waals surface area contributed by atoms with Crippen LogP contribution in [0.3, 0.4) is 0 Å². The Morgan fingerprint density at radius 1 is 1.13 bits per heavy atom. The summed E-state index contributed by atoms with van der Waals surface area (Å²) in [5.41, 5.74) is 1.01. The molecule has 0 heterocycles. The molecule has 0 bridgehead atoms. The molecule has 1 unspecified atom stereocenters. The van der Waals surface area contributed by atoms with Gasteiger partial charge in [0.15, 0.2) is 6.10 Å². The average Bonchev–Trinajstić information content (AvgIpc) is 2.56. The lowest BCUT2D eigenvalue weighted by molar-refractivity contribution is -0.158. The zero-order valence-corrected chi connectivity index (χ0v) is 12.5. The van der Waals surface area contributed by atoms with Crippen LogP contribution < -0.4 is 5.32 Å². The maximum Gasteiger partial charge on any atom is 0.354 e. The second kappa shape index (κ2) is 6.75. The lowest BCUT2D eigenvalue weighted by atomic mass is 10.0. The van der Waals surface area contributed by atoms with Gasteiger partial charge in [-0.25, -0.2) is 0 Å². The molecule has 3 N–H and O–H groups in total. The third-order valence-corrected chi connectivity index (χ3v) is 3.48. The van der Waals surface area contributed by atoms with Crippen molar-refractivity contribution in [2.75, 3.05) is 5.32 Å². The van der Waals surface area contributed by atoms with Crippen molar-refractivity contribution in [3.63, 3.8) is 0 Å². The molecule has 1 amide bonds. The molecule has 4 nitrogen and oxygen atoms in total. The van der Waals surface area contributed by atoms with Crippen molar-refractivity contribution < 1.29 is 23.8 Å². The van der Waals surface area contributed by atoms with Gasteiger partial charge in [-0.15, -0.1) is 0 Å². The van der Waals surface area contributed by atoms with Gasteiger partial charge in [-0.05, 0) is 41.8 Å². The quantitative estimate of drug-likeness (QED) is 0.740. The monoisotopic (exact) mass is 321 g/mol. The predicted octanol–water partition coefficient (Wildman–Crippen LogP) is 3.26. The van der Waals surface area contributed by atoms with E-state index in [9.17, 15) is 18.7 Å². The Kier molecular flexibility index (Phi) is 4.95. The number of aromatic hydroxyl groups is 1. The summed E-state index contributed by atoms with van der Waals surface area (Å²) >= 11 is 0. The molecule has 6 heteroatoms. The Morgan fingerprint density at radius 2 is 1.70 bits per heavy atom. The summed E-state index contributed by atoms with van der Waals surface area (Å²) < 4.78 is 28.3. The summed E-state index contributed by atoms with van der Waals surface area (Å²) in [4.78, 5) is 11.8. The molecular formula is C17H17F2NO3. The molecule has 0 saturated heterocycles. The van der Waals surface area contributed by atoms with E-state index in [4.69, 9.17) is 5.11 Å². The molecule has 2 aromatic rings. The Hall–Kier alpha value is -2.47. The molecule has 0 spiro atoms. The number of alkyl halides is 2. The second-order valence-corrected chi connectivity index (χ2v) is 5.12. The maximum absolute atomic E-state index is 14.1. The first kappa shape index (κ1) is 16.9. The Balaban J connectivity index is 2.14. The highest BCUT2D eigenvalue weighted by atomic mass is 19.3. The number of hydrogen-bond acceptors (Lipinski definition) is 3. The highest BCUT2D eigenvalue weighted by Gasteiger charge is 2.47. The van der Waals surface area contributed by atoms with E-state index in [0.29, 0.717) is 0 Å². The number of nitrogens with one attached hydrogen (secondary N) is 1. The molecule has 2 rings (SSSR count). The van der Waals surface area contributed by atoms with Crippen molar-refractivity contribution in [2.45, 2.75) is 25.4 Å². The number of phenols is 1. The molecule has 0 radical (unpaired) electrons. The van der Waals surface area contributed by atoms with Crippen LogP contribution in [0.5, 0.6) is 5.75 Å². The Labute approximate surface area is 132 Å². The number of aryl methyl sites for hydroxylation is 1. The summed E-state index contributed by atoms with van der Waals surface area (Å²) in [6.07, 6.45) is -1.50. The minimum atomic E-state index is -3.99. The van der Waals surface area contributed by atoms with Crippen molar-refractivity contribution in [3.8, 4) is 5.75 Å². The van der Waals surface area contributed by atoms with Gasteiger partial charge in [0, 0.05) is 5.69 Å². The molecule has 122 valence electrons. The normalized spacial score (nSPS) is 12.7. The summed E-state index contributed by atoms with van der Waals surface area (Å²) in [6.45, 7) is 1.92. The number of rotatable bonds is 5. The number of phenolic OH excluding ortho intramolecular Hbond substituents is 1. The van der Waals surface area contributed by atoms with Crippen LogP contribution in [0.4, 0.5) is 14.5 Å². The first-order chi connectivity index (χ1) is 10.8. The molecular weight excluding hydrogens is 304 g/mol. The first-order valence-corrected chi connectivity index (χ1v) is 7.09. The average molecular weight is 321 g/mol. The second-order valence-electron chi connectivity index (χ2n) is 5.12. The number of amides is 1. The Bertz CT molecular complexity index is 669. The predicted molar refractivity (Wildman–Crippen MR) is 82.5 cm³/mol. The molecule has 0 aliphatic heterocycles. The molecule has 0 aliphatic carbocycles. The van der Waals surface area contributed by atoms with E-state index in [1.165, 1.54) is 36.4 Å². The molecule has 1 atom stereocenters. The van der Waals surface area contributed by atoms with Gasteiger partial charge in [-0.2, -0.15) is 8.78 Å². The summed E-state index contributed by atoms with van der Waals surface area (Å²) in [6, 6.07) is 11.1. The van der Waals surface area contributed by atoms with Gasteiger partial charge in [0.1, 0.15) is 5.75 Å². The lowest BCUT2D eigenvalue weighted by Gasteiger charge is -2.22. The lowest BCUT2D eigenvalue weighted by Crippen LogP contribution is -2.40. The van der Waals surface area contributed by atoms with Gasteiger partial charge in [-0.3, -0.25) is 4.79 Å². The van der Waals surface area contributed by atoms with Crippen molar-refractivity contribution in [2.24, 2.45) is 0 Å². The third kappa shape index (κ3) is 3.84. The van der Waals surface area contributed by atoms with Crippen LogP contribution in [-0.2, 0) is 11.2 Å². The van der Waals surface area contributed by atoms with Crippen LogP contribution in [0.15, 0.2) is 48.5 Å². The summed E-state index contributed by atoms with van der Waals surface area (Å²) in [7, 11) is 0. The van der Waals surface area contributed by atoms with E-state index in [-0.39, 0.29) is 17.0 Å². The number of carbonyl (C=O) groups excluding carboxylic acids is 1. The number of anilines is 1. The van der Waals surface area contributed by atoms with Crippen LogP contribution in [0, 0.1) is 0 Å². The Morgan fingerprint density at radius 3 is 2.22 bits per heavy atom. The number of benzene rings is 2. The van der Waals surface area contributed by atoms with Crippen LogP contribution in [0.2, 0.25) is 0 Å². The first-order valence-electron chi connectivity index (χ1n) is 7.09. The number of aliphatic hydroxyl groups excluding tert-OH is 1. The number of hydrogen-bond donors (Lipinski definition) is 3. The standard InChI is InChI=1S/C17H17F2NO3/c1-2-11-3-5-12(6-4-11)15(22)17(18,19)16(23)20-13-7-9-14(21)10-8-13/h3-10,15,21-22H,2H2,1H3,(H,20,23). The molecule has 0 fully saturated rings. The summed E-state index contributed by atoms with van der Waals surface area (Å²) in [5.74, 6) is -5.66. The summed E-state index contributed by atoms with van der Waals surface area (Å²) in [5, 5.41) is 21.0. The van der Waals surface area contributed by atoms with E-state index in [2.05, 4.69) is 0 Å². The molecule has 23 heavy (non-hydrogen) atoms. The van der Waals surface area contributed by atoms with Gasteiger partial charge in [-0.1, -0.05) is 31.2 Å². The third-order valence-electron chi connectivity index (χ3n) is 3.48. The fraction of sp³-hybridized carbons (Fsp3) is 0.235. The number of carbonyl (C=O) groups is 1.